The van der Waals surface area contributed by atoms with Crippen LogP contribution in [0.3, 0.4) is 0 Å². The zero-order valence-electron chi connectivity index (χ0n) is 9.34. The van der Waals surface area contributed by atoms with Gasteiger partial charge in [0.25, 0.3) is 0 Å². The highest BCUT2D eigenvalue weighted by molar-refractivity contribution is 5.31. The average molecular weight is 190 g/mol. The maximum atomic E-state index is 2.53. The summed E-state index contributed by atoms with van der Waals surface area (Å²) in [6, 6.07) is 0. The lowest BCUT2D eigenvalue weighted by Gasteiger charge is -2.08. The van der Waals surface area contributed by atoms with E-state index in [9.17, 15) is 0 Å². The molecule has 0 amide bonds. The van der Waals surface area contributed by atoms with Crippen LogP contribution in [-0.4, -0.2) is 0 Å². The molecule has 0 aromatic rings. The summed E-state index contributed by atoms with van der Waals surface area (Å²) in [5.41, 5.74) is 1.66. The molecule has 1 fully saturated rings. The molecule has 0 aromatic heterocycles. The van der Waals surface area contributed by atoms with Crippen molar-refractivity contribution in [1.82, 2.24) is 0 Å². The van der Waals surface area contributed by atoms with Crippen LogP contribution in [-0.2, 0) is 0 Å². The van der Waals surface area contributed by atoms with Crippen molar-refractivity contribution in [3.63, 3.8) is 0 Å². The largest absolute Gasteiger partial charge is 0.0773 e. The van der Waals surface area contributed by atoms with Crippen LogP contribution < -0.4 is 0 Å². The minimum atomic E-state index is 0.769. The fourth-order valence-electron chi connectivity index (χ4n) is 2.74. The van der Waals surface area contributed by atoms with Crippen LogP contribution in [0.5, 0.6) is 0 Å². The molecule has 2 aliphatic rings. The van der Waals surface area contributed by atoms with Gasteiger partial charge in [-0.3, -0.25) is 0 Å². The smallest absolute Gasteiger partial charge is 0.00444 e. The Kier molecular flexibility index (Phi) is 3.44. The van der Waals surface area contributed by atoms with Gasteiger partial charge in [-0.25, -0.2) is 0 Å². The summed E-state index contributed by atoms with van der Waals surface area (Å²) >= 11 is 0. The second kappa shape index (κ2) is 4.82. The molecule has 0 N–H and O–H groups in total. The van der Waals surface area contributed by atoms with Gasteiger partial charge >= 0.3 is 0 Å². The predicted molar refractivity (Wildman–Crippen MR) is 62.2 cm³/mol. The fraction of sp³-hybridized carbons (Fsp3) is 0.714. The first kappa shape index (κ1) is 10.0. The van der Waals surface area contributed by atoms with E-state index < -0.39 is 0 Å². The van der Waals surface area contributed by atoms with Crippen LogP contribution in [0.15, 0.2) is 23.8 Å². The Morgan fingerprint density at radius 1 is 1.29 bits per heavy atom. The summed E-state index contributed by atoms with van der Waals surface area (Å²) in [6.45, 7) is 2.28. The van der Waals surface area contributed by atoms with E-state index in [0.717, 1.165) is 11.8 Å². The molecule has 0 bridgehead atoms. The van der Waals surface area contributed by atoms with Gasteiger partial charge in [-0.2, -0.15) is 0 Å². The molecule has 0 spiro atoms. The third kappa shape index (κ3) is 2.29. The molecule has 1 unspecified atom stereocenters. The third-order valence-electron chi connectivity index (χ3n) is 3.66. The standard InChI is InChI=1S/C14H22/c1-2-3-6-12-9-10-14(11-12)13-7-4-5-8-13/h9-13H,2-8H2,1H3. The van der Waals surface area contributed by atoms with E-state index in [4.69, 9.17) is 0 Å². The molecule has 0 nitrogen and oxygen atoms in total. The zero-order valence-corrected chi connectivity index (χ0v) is 9.34. The van der Waals surface area contributed by atoms with Crippen molar-refractivity contribution in [3.05, 3.63) is 23.8 Å². The highest BCUT2D eigenvalue weighted by atomic mass is 14.3. The Labute approximate surface area is 88.1 Å². The van der Waals surface area contributed by atoms with Crippen molar-refractivity contribution in [2.75, 3.05) is 0 Å². The topological polar surface area (TPSA) is 0 Å². The highest BCUT2D eigenvalue weighted by Crippen LogP contribution is 2.35. The lowest BCUT2D eigenvalue weighted by Crippen LogP contribution is -1.95. The van der Waals surface area contributed by atoms with Gasteiger partial charge in [0.2, 0.25) is 0 Å². The predicted octanol–water partition coefficient (Wildman–Crippen LogP) is 4.48. The first-order chi connectivity index (χ1) is 6.90. The Morgan fingerprint density at radius 3 is 2.79 bits per heavy atom. The fourth-order valence-corrected chi connectivity index (χ4v) is 2.74. The van der Waals surface area contributed by atoms with Crippen molar-refractivity contribution in [2.45, 2.75) is 51.9 Å². The van der Waals surface area contributed by atoms with Crippen LogP contribution in [0, 0.1) is 11.8 Å². The molecule has 0 radical (unpaired) electrons. The molecule has 14 heavy (non-hydrogen) atoms. The van der Waals surface area contributed by atoms with Gasteiger partial charge in [0.1, 0.15) is 0 Å². The van der Waals surface area contributed by atoms with Gasteiger partial charge in [-0.15, -0.1) is 0 Å². The van der Waals surface area contributed by atoms with Gasteiger partial charge in [0.15, 0.2) is 0 Å². The molecule has 0 aliphatic heterocycles. The molecule has 0 heterocycles. The van der Waals surface area contributed by atoms with Gasteiger partial charge in [0.05, 0.1) is 0 Å². The van der Waals surface area contributed by atoms with Crippen LogP contribution in [0.4, 0.5) is 0 Å². The van der Waals surface area contributed by atoms with E-state index in [1.165, 1.54) is 44.9 Å². The van der Waals surface area contributed by atoms with E-state index in [1.807, 2.05) is 0 Å². The molecule has 78 valence electrons. The molecule has 0 saturated heterocycles. The van der Waals surface area contributed by atoms with Gasteiger partial charge < -0.3 is 0 Å². The van der Waals surface area contributed by atoms with Crippen LogP contribution in [0.25, 0.3) is 0 Å². The van der Waals surface area contributed by atoms with Crippen LogP contribution >= 0.6 is 0 Å². The lowest BCUT2D eigenvalue weighted by atomic mass is 9.97. The minimum absolute atomic E-state index is 0.769. The Balaban J connectivity index is 1.86. The molecule has 0 heteroatoms. The van der Waals surface area contributed by atoms with Crippen molar-refractivity contribution in [3.8, 4) is 0 Å². The number of hydrogen-bond donors (Lipinski definition) is 0. The third-order valence-corrected chi connectivity index (χ3v) is 3.66. The second-order valence-electron chi connectivity index (χ2n) is 4.81. The molecule has 1 atom stereocenters. The van der Waals surface area contributed by atoms with Gasteiger partial charge in [-0.05, 0) is 36.7 Å². The van der Waals surface area contributed by atoms with E-state index >= 15 is 0 Å². The molecule has 2 rings (SSSR count). The van der Waals surface area contributed by atoms with E-state index in [1.54, 1.807) is 5.57 Å². The SMILES string of the molecule is CCCCC1C=CC(C2CCCC2)=C1. The normalized spacial score (nSPS) is 27.2. The minimum Gasteiger partial charge on any atom is -0.0773 e. The first-order valence-corrected chi connectivity index (χ1v) is 6.30. The number of hydrogen-bond acceptors (Lipinski definition) is 0. The summed E-state index contributed by atoms with van der Waals surface area (Å²) in [7, 11) is 0. The van der Waals surface area contributed by atoms with Gasteiger partial charge in [-0.1, -0.05) is 50.8 Å². The number of unbranched alkanes of at least 4 members (excludes halogenated alkanes) is 1. The van der Waals surface area contributed by atoms with E-state index in [0.29, 0.717) is 0 Å². The summed E-state index contributed by atoms with van der Waals surface area (Å²) in [5, 5.41) is 0. The van der Waals surface area contributed by atoms with Crippen LogP contribution in [0.2, 0.25) is 0 Å². The quantitative estimate of drug-likeness (QED) is 0.613. The molecular weight excluding hydrogens is 168 g/mol. The first-order valence-electron chi connectivity index (χ1n) is 6.30. The molecular formula is C14H22. The van der Waals surface area contributed by atoms with E-state index in [2.05, 4.69) is 25.2 Å². The summed E-state index contributed by atoms with van der Waals surface area (Å²) in [4.78, 5) is 0. The maximum absolute atomic E-state index is 2.53. The van der Waals surface area contributed by atoms with Crippen molar-refractivity contribution in [2.24, 2.45) is 11.8 Å². The monoisotopic (exact) mass is 190 g/mol. The van der Waals surface area contributed by atoms with E-state index in [-0.39, 0.29) is 0 Å². The Bertz CT molecular complexity index is 228. The lowest BCUT2D eigenvalue weighted by molar-refractivity contribution is 0.630. The second-order valence-corrected chi connectivity index (χ2v) is 4.81. The van der Waals surface area contributed by atoms with Crippen LogP contribution in [0.1, 0.15) is 51.9 Å². The summed E-state index contributed by atoms with van der Waals surface area (Å²) in [6.07, 6.45) is 17.2. The Morgan fingerprint density at radius 2 is 2.07 bits per heavy atom. The maximum Gasteiger partial charge on any atom is -0.00444 e. The molecule has 2 aliphatic carbocycles. The van der Waals surface area contributed by atoms with Gasteiger partial charge in [0, 0.05) is 0 Å². The zero-order chi connectivity index (χ0) is 9.80. The number of rotatable bonds is 4. The number of allylic oxidation sites excluding steroid dienone is 4. The molecule has 0 aromatic carbocycles. The average Bonchev–Trinajstić information content (AvgIpc) is 2.85. The Hall–Kier alpha value is -0.520. The highest BCUT2D eigenvalue weighted by Gasteiger charge is 2.20. The van der Waals surface area contributed by atoms with Crippen molar-refractivity contribution < 1.29 is 0 Å². The van der Waals surface area contributed by atoms with Crippen molar-refractivity contribution in [1.29, 1.82) is 0 Å². The molecule has 1 saturated carbocycles. The van der Waals surface area contributed by atoms with Crippen molar-refractivity contribution >= 4 is 0 Å². The summed E-state index contributed by atoms with van der Waals surface area (Å²) < 4.78 is 0. The summed E-state index contributed by atoms with van der Waals surface area (Å²) in [5.74, 6) is 1.68.